The van der Waals surface area contributed by atoms with Gasteiger partial charge < -0.3 is 19.3 Å². The lowest BCUT2D eigenvalue weighted by atomic mass is 9.95. The molecule has 1 aromatic carbocycles. The van der Waals surface area contributed by atoms with Crippen molar-refractivity contribution in [1.29, 1.82) is 0 Å². The van der Waals surface area contributed by atoms with Crippen LogP contribution >= 0.6 is 11.3 Å². The zero-order chi connectivity index (χ0) is 26.7. The van der Waals surface area contributed by atoms with Gasteiger partial charge in [-0.1, -0.05) is 17.4 Å². The van der Waals surface area contributed by atoms with Crippen molar-refractivity contribution in [2.45, 2.75) is 26.8 Å². The highest BCUT2D eigenvalue weighted by Crippen LogP contribution is 2.45. The smallest absolute Gasteiger partial charge is 0.350 e. The van der Waals surface area contributed by atoms with Gasteiger partial charge >= 0.3 is 11.9 Å². The molecule has 0 aliphatic carbocycles. The second-order valence-corrected chi connectivity index (χ2v) is 8.86. The van der Waals surface area contributed by atoms with Crippen LogP contribution < -0.4 is 14.4 Å². The number of aliphatic hydroxyl groups is 1. The summed E-state index contributed by atoms with van der Waals surface area (Å²) in [6.45, 7) is 5.73. The van der Waals surface area contributed by atoms with Crippen molar-refractivity contribution in [3.63, 3.8) is 0 Å². The van der Waals surface area contributed by atoms with Crippen molar-refractivity contribution in [2.75, 3.05) is 25.2 Å². The molecule has 37 heavy (non-hydrogen) atoms. The molecule has 1 atom stereocenters. The summed E-state index contributed by atoms with van der Waals surface area (Å²) >= 11 is 0.937. The van der Waals surface area contributed by atoms with E-state index in [4.69, 9.17) is 14.2 Å². The van der Waals surface area contributed by atoms with Crippen molar-refractivity contribution in [3.05, 3.63) is 70.0 Å². The van der Waals surface area contributed by atoms with Gasteiger partial charge in [-0.3, -0.25) is 19.5 Å². The third-order valence-electron chi connectivity index (χ3n) is 5.65. The number of carbonyl (C=O) groups excluding carboxylic acids is 3. The zero-order valence-corrected chi connectivity index (χ0v) is 21.5. The van der Waals surface area contributed by atoms with Crippen molar-refractivity contribution in [1.82, 2.24) is 9.97 Å². The molecule has 3 heterocycles. The third kappa shape index (κ3) is 4.77. The number of aryl methyl sites for hydroxylation is 1. The molecule has 0 spiro atoms. The molecular weight excluding hydrogens is 498 g/mol. The molecule has 1 fully saturated rings. The minimum Gasteiger partial charge on any atom is -0.507 e. The van der Waals surface area contributed by atoms with Gasteiger partial charge in [-0.25, -0.2) is 9.78 Å². The number of anilines is 1. The van der Waals surface area contributed by atoms with Crippen molar-refractivity contribution in [2.24, 2.45) is 0 Å². The van der Waals surface area contributed by atoms with Crippen LogP contribution in [-0.4, -0.2) is 53.1 Å². The van der Waals surface area contributed by atoms with E-state index < -0.39 is 23.7 Å². The van der Waals surface area contributed by atoms with Gasteiger partial charge in [-0.2, -0.15) is 0 Å². The number of pyridine rings is 1. The molecule has 4 rings (SSSR count). The highest BCUT2D eigenvalue weighted by molar-refractivity contribution is 7.17. The number of benzene rings is 1. The fourth-order valence-corrected chi connectivity index (χ4v) is 5.00. The largest absolute Gasteiger partial charge is 0.507 e. The molecule has 1 unspecified atom stereocenters. The molecule has 1 aliphatic heterocycles. The Morgan fingerprint density at radius 2 is 1.84 bits per heavy atom. The van der Waals surface area contributed by atoms with Crippen LogP contribution in [0.25, 0.3) is 5.76 Å². The lowest BCUT2D eigenvalue weighted by molar-refractivity contribution is -0.132. The summed E-state index contributed by atoms with van der Waals surface area (Å²) in [5, 5.41) is 11.3. The topological polar surface area (TPSA) is 128 Å². The molecule has 1 aliphatic rings. The number of hydrogen-bond acceptors (Lipinski definition) is 10. The lowest BCUT2D eigenvalue weighted by Crippen LogP contribution is -2.29. The van der Waals surface area contributed by atoms with Gasteiger partial charge in [0, 0.05) is 18.0 Å². The summed E-state index contributed by atoms with van der Waals surface area (Å²) in [7, 11) is 1.48. The number of thiazole rings is 1. The maximum atomic E-state index is 13.4. The Labute approximate surface area is 217 Å². The minimum absolute atomic E-state index is 0.120. The number of aliphatic hydroxyl groups excluding tert-OH is 1. The fourth-order valence-electron chi connectivity index (χ4n) is 4.01. The number of hydrogen-bond donors (Lipinski definition) is 1. The van der Waals surface area contributed by atoms with E-state index in [1.54, 1.807) is 32.0 Å². The first-order chi connectivity index (χ1) is 17.8. The maximum absolute atomic E-state index is 13.4. The van der Waals surface area contributed by atoms with E-state index in [9.17, 15) is 19.5 Å². The van der Waals surface area contributed by atoms with Crippen molar-refractivity contribution in [3.8, 4) is 11.5 Å². The molecule has 3 aromatic rings. The summed E-state index contributed by atoms with van der Waals surface area (Å²) in [6, 6.07) is 7.00. The van der Waals surface area contributed by atoms with Crippen LogP contribution in [-0.2, 0) is 14.3 Å². The lowest BCUT2D eigenvalue weighted by Gasteiger charge is -2.24. The Balaban J connectivity index is 1.93. The van der Waals surface area contributed by atoms with Gasteiger partial charge in [0.15, 0.2) is 16.6 Å². The van der Waals surface area contributed by atoms with Gasteiger partial charge in [0.05, 0.1) is 37.6 Å². The second-order valence-electron chi connectivity index (χ2n) is 7.88. The average molecular weight is 524 g/mol. The molecule has 192 valence electrons. The predicted molar refractivity (Wildman–Crippen MR) is 136 cm³/mol. The summed E-state index contributed by atoms with van der Waals surface area (Å²) in [5.74, 6) is -1.85. The van der Waals surface area contributed by atoms with E-state index in [0.717, 1.165) is 11.3 Å². The van der Waals surface area contributed by atoms with Gasteiger partial charge in [-0.05, 0) is 50.6 Å². The van der Waals surface area contributed by atoms with Crippen LogP contribution in [0.3, 0.4) is 0 Å². The summed E-state index contributed by atoms with van der Waals surface area (Å²) in [5.41, 5.74) is 1.02. The van der Waals surface area contributed by atoms with E-state index in [2.05, 4.69) is 9.97 Å². The van der Waals surface area contributed by atoms with E-state index in [-0.39, 0.29) is 27.9 Å². The van der Waals surface area contributed by atoms with Crippen LogP contribution in [0.2, 0.25) is 0 Å². The third-order valence-corrected chi connectivity index (χ3v) is 6.79. The molecule has 0 radical (unpaired) electrons. The summed E-state index contributed by atoms with van der Waals surface area (Å²) in [4.78, 5) is 48.9. The van der Waals surface area contributed by atoms with Crippen LogP contribution in [0.15, 0.2) is 48.3 Å². The Kier molecular flexibility index (Phi) is 7.53. The first kappa shape index (κ1) is 25.8. The normalized spacial score (nSPS) is 16.6. The fraction of sp³-hybridized carbons (Fsp3) is 0.269. The Bertz CT molecular complexity index is 1380. The molecule has 11 heteroatoms. The Hall–Kier alpha value is -4.25. The highest BCUT2D eigenvalue weighted by Gasteiger charge is 2.48. The SMILES string of the molecule is CCOC(=O)c1sc(N2C(=O)C(=O)/C(=C(/O)c3ccncc3)C2c2ccc(OCC)c(OC)c2)nc1C. The number of Topliss-reactive ketones (excluding diaryl/α,β-unsaturated/α-hetero) is 1. The quantitative estimate of drug-likeness (QED) is 0.201. The monoisotopic (exact) mass is 523 g/mol. The van der Waals surface area contributed by atoms with E-state index in [0.29, 0.717) is 34.9 Å². The molecule has 1 saturated heterocycles. The molecule has 0 bridgehead atoms. The van der Waals surface area contributed by atoms with Crippen LogP contribution in [0.5, 0.6) is 11.5 Å². The van der Waals surface area contributed by atoms with E-state index in [1.165, 1.54) is 36.5 Å². The second kappa shape index (κ2) is 10.8. The summed E-state index contributed by atoms with van der Waals surface area (Å²) < 4.78 is 16.2. The predicted octanol–water partition coefficient (Wildman–Crippen LogP) is 4.06. The number of ether oxygens (including phenoxy) is 3. The van der Waals surface area contributed by atoms with Gasteiger partial charge in [-0.15, -0.1) is 0 Å². The maximum Gasteiger partial charge on any atom is 0.350 e. The molecule has 10 nitrogen and oxygen atoms in total. The number of methoxy groups -OCH3 is 1. The minimum atomic E-state index is -1.06. The number of nitrogens with zero attached hydrogens (tertiary/aromatic N) is 3. The van der Waals surface area contributed by atoms with Crippen molar-refractivity contribution >= 4 is 39.9 Å². The molecule has 2 aromatic heterocycles. The molecule has 1 amide bonds. The number of aromatic nitrogens is 2. The molecule has 1 N–H and O–H groups in total. The first-order valence-electron chi connectivity index (χ1n) is 11.5. The number of carbonyl (C=O) groups is 3. The Morgan fingerprint density at radius 3 is 2.49 bits per heavy atom. The van der Waals surface area contributed by atoms with Crippen LogP contribution in [0.4, 0.5) is 5.13 Å². The summed E-state index contributed by atoms with van der Waals surface area (Å²) in [6.07, 6.45) is 2.94. The first-order valence-corrected chi connectivity index (χ1v) is 12.3. The molecule has 0 saturated carbocycles. The van der Waals surface area contributed by atoms with E-state index >= 15 is 0 Å². The number of ketones is 1. The zero-order valence-electron chi connectivity index (χ0n) is 20.7. The highest BCUT2D eigenvalue weighted by atomic mass is 32.1. The number of amides is 1. The molecular formula is C26H25N3O7S. The Morgan fingerprint density at radius 1 is 1.11 bits per heavy atom. The van der Waals surface area contributed by atoms with Gasteiger partial charge in [0.2, 0.25) is 0 Å². The van der Waals surface area contributed by atoms with Crippen LogP contribution in [0, 0.1) is 6.92 Å². The van der Waals surface area contributed by atoms with Gasteiger partial charge in [0.1, 0.15) is 10.6 Å². The average Bonchev–Trinajstić information content (AvgIpc) is 3.41. The van der Waals surface area contributed by atoms with Crippen molar-refractivity contribution < 1.29 is 33.7 Å². The number of rotatable bonds is 8. The van der Waals surface area contributed by atoms with Gasteiger partial charge in [0.25, 0.3) is 5.78 Å². The van der Waals surface area contributed by atoms with Crippen LogP contribution in [0.1, 0.15) is 46.4 Å². The standard InChI is InChI=1S/C26H25N3O7S/c1-5-35-17-8-7-16(13-18(17)34-4)20-19(21(30)15-9-11-27-12-10-15)22(31)24(32)29(20)26-28-14(3)23(37-26)25(33)36-6-2/h7-13,20,30H,5-6H2,1-4H3/b21-19+. The van der Waals surface area contributed by atoms with E-state index in [1.807, 2.05) is 6.92 Å². The number of esters is 1.